The Bertz CT molecular complexity index is 715. The van der Waals surface area contributed by atoms with Crippen molar-refractivity contribution in [1.29, 1.82) is 0 Å². The second-order valence-corrected chi connectivity index (χ2v) is 5.74. The van der Waals surface area contributed by atoms with Crippen LogP contribution in [0.1, 0.15) is 6.42 Å². The fourth-order valence-corrected chi connectivity index (χ4v) is 2.75. The molecule has 1 fully saturated rings. The van der Waals surface area contributed by atoms with E-state index in [1.807, 2.05) is 4.90 Å². The number of aliphatic hydroxyl groups excluding tert-OH is 1. The molecule has 0 saturated carbocycles. The van der Waals surface area contributed by atoms with E-state index in [9.17, 15) is 9.90 Å². The first-order chi connectivity index (χ1) is 10.1. The van der Waals surface area contributed by atoms with Gasteiger partial charge in [-0.1, -0.05) is 23.2 Å². The molecule has 1 N–H and O–H groups in total. The molecule has 1 aromatic carbocycles. The van der Waals surface area contributed by atoms with Crippen molar-refractivity contribution >= 4 is 28.9 Å². The molecule has 1 aliphatic rings. The smallest absolute Gasteiger partial charge is 0.292 e. The summed E-state index contributed by atoms with van der Waals surface area (Å²) in [6.45, 7) is 1.12. The van der Waals surface area contributed by atoms with Crippen LogP contribution in [0.5, 0.6) is 0 Å². The second kappa shape index (κ2) is 5.67. The van der Waals surface area contributed by atoms with E-state index in [1.54, 1.807) is 30.5 Å². The van der Waals surface area contributed by atoms with Gasteiger partial charge in [0, 0.05) is 18.1 Å². The van der Waals surface area contributed by atoms with Crippen molar-refractivity contribution in [3.63, 3.8) is 0 Å². The van der Waals surface area contributed by atoms with E-state index in [1.165, 1.54) is 4.68 Å². The molecule has 2 aromatic rings. The summed E-state index contributed by atoms with van der Waals surface area (Å²) < 4.78 is 1.23. The molecular weight excluding hydrogens is 313 g/mol. The van der Waals surface area contributed by atoms with E-state index in [-0.39, 0.29) is 11.1 Å². The zero-order valence-corrected chi connectivity index (χ0v) is 12.6. The predicted molar refractivity (Wildman–Crippen MR) is 82.7 cm³/mol. The van der Waals surface area contributed by atoms with Crippen LogP contribution in [0, 0.1) is 0 Å². The molecule has 0 spiro atoms. The number of aromatic nitrogens is 2. The first kappa shape index (κ1) is 14.4. The highest BCUT2D eigenvalue weighted by atomic mass is 35.5. The van der Waals surface area contributed by atoms with Crippen LogP contribution in [0.3, 0.4) is 0 Å². The Morgan fingerprint density at radius 3 is 2.57 bits per heavy atom. The lowest BCUT2D eigenvalue weighted by Gasteiger charge is -2.19. The van der Waals surface area contributed by atoms with E-state index in [2.05, 4.69) is 5.10 Å². The Balaban J connectivity index is 2.00. The number of β-amino-alcohol motifs (C(OH)–C–C–N with tert-alkyl or cyclic N) is 1. The Hall–Kier alpha value is -1.56. The summed E-state index contributed by atoms with van der Waals surface area (Å²) in [6.07, 6.45) is 1.83. The minimum absolute atomic E-state index is 0.106. The second-order valence-electron chi connectivity index (χ2n) is 4.93. The normalized spacial score (nSPS) is 18.2. The van der Waals surface area contributed by atoms with Gasteiger partial charge in [-0.15, -0.1) is 0 Å². The van der Waals surface area contributed by atoms with Gasteiger partial charge in [-0.2, -0.15) is 9.78 Å². The van der Waals surface area contributed by atoms with Gasteiger partial charge in [-0.3, -0.25) is 4.79 Å². The summed E-state index contributed by atoms with van der Waals surface area (Å²) in [7, 11) is 0. The molecule has 1 saturated heterocycles. The fraction of sp³-hybridized carbons (Fsp3) is 0.286. The number of rotatable bonds is 2. The van der Waals surface area contributed by atoms with Gasteiger partial charge in [0.15, 0.2) is 0 Å². The third-order valence-corrected chi connectivity index (χ3v) is 4.08. The first-order valence-electron chi connectivity index (χ1n) is 6.53. The van der Waals surface area contributed by atoms with Crippen LogP contribution >= 0.6 is 23.2 Å². The molecule has 1 atom stereocenters. The third-order valence-electron chi connectivity index (χ3n) is 3.48. The van der Waals surface area contributed by atoms with Crippen molar-refractivity contribution in [3.8, 4) is 5.69 Å². The maximum absolute atomic E-state index is 12.4. The average molecular weight is 326 g/mol. The van der Waals surface area contributed by atoms with Gasteiger partial charge in [-0.05, 0) is 30.7 Å². The molecule has 5 nitrogen and oxygen atoms in total. The topological polar surface area (TPSA) is 58.4 Å². The fourth-order valence-electron chi connectivity index (χ4n) is 2.37. The molecule has 110 valence electrons. The zero-order valence-electron chi connectivity index (χ0n) is 11.0. The monoisotopic (exact) mass is 325 g/mol. The highest BCUT2D eigenvalue weighted by Gasteiger charge is 2.24. The Morgan fingerprint density at radius 1 is 1.24 bits per heavy atom. The molecule has 0 amide bonds. The summed E-state index contributed by atoms with van der Waals surface area (Å²) >= 11 is 12.0. The largest absolute Gasteiger partial charge is 0.391 e. The first-order valence-corrected chi connectivity index (χ1v) is 7.28. The van der Waals surface area contributed by atoms with E-state index in [0.717, 1.165) is 0 Å². The molecule has 1 aromatic heterocycles. The SMILES string of the molecule is O=c1c(Cl)c(N2CC[C@H](O)C2)cnn1-c1ccc(Cl)cc1. The van der Waals surface area contributed by atoms with E-state index < -0.39 is 5.56 Å². The number of benzene rings is 1. The molecule has 1 aliphatic heterocycles. The van der Waals surface area contributed by atoms with Crippen molar-refractivity contribution in [2.75, 3.05) is 18.0 Å². The van der Waals surface area contributed by atoms with Crippen LogP contribution < -0.4 is 10.5 Å². The Labute approximate surface area is 131 Å². The summed E-state index contributed by atoms with van der Waals surface area (Å²) in [5, 5.41) is 14.4. The molecule has 0 radical (unpaired) electrons. The Morgan fingerprint density at radius 2 is 1.95 bits per heavy atom. The molecule has 0 unspecified atom stereocenters. The van der Waals surface area contributed by atoms with Crippen molar-refractivity contribution in [3.05, 3.63) is 50.9 Å². The summed E-state index contributed by atoms with van der Waals surface area (Å²) in [4.78, 5) is 14.2. The lowest BCUT2D eigenvalue weighted by molar-refractivity contribution is 0.198. The number of aliphatic hydroxyl groups is 1. The summed E-state index contributed by atoms with van der Waals surface area (Å²) in [5.41, 5.74) is 0.764. The van der Waals surface area contributed by atoms with Crippen LogP contribution in [-0.4, -0.2) is 34.1 Å². The molecule has 0 bridgehead atoms. The third kappa shape index (κ3) is 2.77. The van der Waals surface area contributed by atoms with Gasteiger partial charge in [0.05, 0.1) is 23.7 Å². The summed E-state index contributed by atoms with van der Waals surface area (Å²) in [6, 6.07) is 6.77. The van der Waals surface area contributed by atoms with Crippen molar-refractivity contribution in [2.45, 2.75) is 12.5 Å². The van der Waals surface area contributed by atoms with Gasteiger partial charge in [-0.25, -0.2) is 0 Å². The molecule has 7 heteroatoms. The predicted octanol–water partition coefficient (Wildman–Crippen LogP) is 2.11. The minimum Gasteiger partial charge on any atom is -0.391 e. The molecule has 0 aliphatic carbocycles. The number of nitrogens with zero attached hydrogens (tertiary/aromatic N) is 3. The van der Waals surface area contributed by atoms with Crippen LogP contribution in [0.4, 0.5) is 5.69 Å². The number of hydrogen-bond acceptors (Lipinski definition) is 4. The molecule has 21 heavy (non-hydrogen) atoms. The minimum atomic E-state index is -0.391. The zero-order chi connectivity index (χ0) is 15.0. The van der Waals surface area contributed by atoms with E-state index >= 15 is 0 Å². The highest BCUT2D eigenvalue weighted by molar-refractivity contribution is 6.33. The van der Waals surface area contributed by atoms with E-state index in [4.69, 9.17) is 23.2 Å². The van der Waals surface area contributed by atoms with E-state index in [0.29, 0.717) is 35.9 Å². The van der Waals surface area contributed by atoms with Gasteiger partial charge >= 0.3 is 0 Å². The van der Waals surface area contributed by atoms with Gasteiger partial charge in [0.1, 0.15) is 5.02 Å². The maximum Gasteiger partial charge on any atom is 0.292 e. The number of hydrogen-bond donors (Lipinski definition) is 1. The van der Waals surface area contributed by atoms with Crippen LogP contribution in [0.25, 0.3) is 5.69 Å². The van der Waals surface area contributed by atoms with Crippen LogP contribution in [0.2, 0.25) is 10.0 Å². The lowest BCUT2D eigenvalue weighted by atomic mass is 10.3. The van der Waals surface area contributed by atoms with Crippen molar-refractivity contribution in [2.24, 2.45) is 0 Å². The van der Waals surface area contributed by atoms with Gasteiger partial charge in [0.25, 0.3) is 5.56 Å². The van der Waals surface area contributed by atoms with Crippen LogP contribution in [-0.2, 0) is 0 Å². The molecule has 2 heterocycles. The van der Waals surface area contributed by atoms with Gasteiger partial charge in [0.2, 0.25) is 0 Å². The van der Waals surface area contributed by atoms with Gasteiger partial charge < -0.3 is 10.0 Å². The number of halogens is 2. The number of anilines is 1. The quantitative estimate of drug-likeness (QED) is 0.918. The summed E-state index contributed by atoms with van der Waals surface area (Å²) in [5.74, 6) is 0. The van der Waals surface area contributed by atoms with Crippen molar-refractivity contribution in [1.82, 2.24) is 9.78 Å². The maximum atomic E-state index is 12.4. The highest BCUT2D eigenvalue weighted by Crippen LogP contribution is 2.25. The molecular formula is C14H13Cl2N3O2. The van der Waals surface area contributed by atoms with Crippen LogP contribution in [0.15, 0.2) is 35.3 Å². The molecule has 3 rings (SSSR count). The average Bonchev–Trinajstić information content (AvgIpc) is 2.89. The lowest BCUT2D eigenvalue weighted by Crippen LogP contribution is -2.28. The Kier molecular flexibility index (Phi) is 3.89. The van der Waals surface area contributed by atoms with Crippen molar-refractivity contribution < 1.29 is 5.11 Å². The standard InChI is InChI=1S/C14H13Cl2N3O2/c15-9-1-3-10(4-2-9)19-14(21)13(16)12(7-17-19)18-6-5-11(20)8-18/h1-4,7,11,20H,5-6,8H2/t11-/m0/s1.